The van der Waals surface area contributed by atoms with Crippen LogP contribution < -0.4 is 5.32 Å². The summed E-state index contributed by atoms with van der Waals surface area (Å²) in [6.07, 6.45) is 5.57. The number of aromatic nitrogens is 3. The molecule has 1 atom stereocenters. The average Bonchev–Trinajstić information content (AvgIpc) is 3.40. The van der Waals surface area contributed by atoms with E-state index in [2.05, 4.69) is 21.6 Å². The fraction of sp³-hybridized carbons (Fsp3) is 0.250. The summed E-state index contributed by atoms with van der Waals surface area (Å²) >= 11 is 0. The van der Waals surface area contributed by atoms with Crippen molar-refractivity contribution < 1.29 is 9.53 Å². The van der Waals surface area contributed by atoms with Crippen molar-refractivity contribution in [1.29, 1.82) is 0 Å². The van der Waals surface area contributed by atoms with E-state index in [0.717, 1.165) is 36.3 Å². The van der Waals surface area contributed by atoms with Gasteiger partial charge in [0.05, 0.1) is 6.10 Å². The van der Waals surface area contributed by atoms with E-state index in [1.54, 1.807) is 12.7 Å². The maximum Gasteiger partial charge on any atom is 0.251 e. The maximum absolute atomic E-state index is 12.3. The summed E-state index contributed by atoms with van der Waals surface area (Å²) < 4.78 is 7.39. The molecule has 1 amide bonds. The molecule has 6 heteroatoms. The van der Waals surface area contributed by atoms with Crippen molar-refractivity contribution in [2.45, 2.75) is 18.9 Å². The van der Waals surface area contributed by atoms with Crippen LogP contribution >= 0.6 is 0 Å². The molecule has 0 spiro atoms. The quantitative estimate of drug-likeness (QED) is 0.770. The van der Waals surface area contributed by atoms with Gasteiger partial charge in [-0.05, 0) is 48.2 Å². The molecule has 2 heterocycles. The third-order valence-corrected chi connectivity index (χ3v) is 4.56. The minimum absolute atomic E-state index is 0.0645. The molecule has 0 aliphatic carbocycles. The Morgan fingerprint density at radius 1 is 1.12 bits per heavy atom. The van der Waals surface area contributed by atoms with E-state index in [0.29, 0.717) is 12.1 Å². The van der Waals surface area contributed by atoms with Gasteiger partial charge in [-0.25, -0.2) is 0 Å². The van der Waals surface area contributed by atoms with Gasteiger partial charge in [-0.2, -0.15) is 0 Å². The highest BCUT2D eigenvalue weighted by Gasteiger charge is 2.16. The number of hydrogen-bond acceptors (Lipinski definition) is 4. The molecule has 0 radical (unpaired) electrons. The van der Waals surface area contributed by atoms with Gasteiger partial charge in [0, 0.05) is 24.4 Å². The molecule has 1 aliphatic rings. The van der Waals surface area contributed by atoms with E-state index < -0.39 is 0 Å². The Morgan fingerprint density at radius 3 is 2.65 bits per heavy atom. The summed E-state index contributed by atoms with van der Waals surface area (Å²) in [5, 5.41) is 10.6. The van der Waals surface area contributed by atoms with E-state index >= 15 is 0 Å². The lowest BCUT2D eigenvalue weighted by Gasteiger charge is -2.11. The SMILES string of the molecule is O=C(NC[C@H]1CCCO1)c1ccc(-c2cccc(-n3cnnc3)c2)cc1. The second kappa shape index (κ2) is 7.49. The molecule has 2 aromatic carbocycles. The highest BCUT2D eigenvalue weighted by atomic mass is 16.5. The first-order valence-corrected chi connectivity index (χ1v) is 8.75. The summed E-state index contributed by atoms with van der Waals surface area (Å²) in [4.78, 5) is 12.3. The van der Waals surface area contributed by atoms with Crippen LogP contribution in [0.3, 0.4) is 0 Å². The molecule has 6 nitrogen and oxygen atoms in total. The van der Waals surface area contributed by atoms with Gasteiger partial charge in [0.25, 0.3) is 5.91 Å². The lowest BCUT2D eigenvalue weighted by molar-refractivity contribution is 0.0858. The lowest BCUT2D eigenvalue weighted by atomic mass is 10.0. The predicted octanol–water partition coefficient (Wildman–Crippen LogP) is 2.84. The molecular weight excluding hydrogens is 328 g/mol. The van der Waals surface area contributed by atoms with Crippen LogP contribution in [0.5, 0.6) is 0 Å². The molecule has 0 bridgehead atoms. The number of amides is 1. The minimum atomic E-state index is -0.0645. The molecule has 4 rings (SSSR count). The summed E-state index contributed by atoms with van der Waals surface area (Å²) in [6, 6.07) is 15.7. The zero-order chi connectivity index (χ0) is 17.8. The van der Waals surface area contributed by atoms with Gasteiger partial charge in [0.1, 0.15) is 12.7 Å². The summed E-state index contributed by atoms with van der Waals surface area (Å²) in [7, 11) is 0. The number of nitrogens with zero attached hydrogens (tertiary/aromatic N) is 3. The largest absolute Gasteiger partial charge is 0.376 e. The topological polar surface area (TPSA) is 69.0 Å². The first-order chi connectivity index (χ1) is 12.8. The zero-order valence-corrected chi connectivity index (χ0v) is 14.3. The number of carbonyl (C=O) groups excluding carboxylic acids is 1. The maximum atomic E-state index is 12.3. The number of nitrogens with one attached hydrogen (secondary N) is 1. The van der Waals surface area contributed by atoms with E-state index in [9.17, 15) is 4.79 Å². The molecule has 132 valence electrons. The average molecular weight is 348 g/mol. The molecule has 1 saturated heterocycles. The van der Waals surface area contributed by atoms with E-state index in [-0.39, 0.29) is 12.0 Å². The van der Waals surface area contributed by atoms with Crippen molar-refractivity contribution in [2.24, 2.45) is 0 Å². The Kier molecular flexibility index (Phi) is 4.75. The summed E-state index contributed by atoms with van der Waals surface area (Å²) in [5.41, 5.74) is 3.77. The number of benzene rings is 2. The third kappa shape index (κ3) is 3.65. The van der Waals surface area contributed by atoms with Gasteiger partial charge in [-0.3, -0.25) is 9.36 Å². The smallest absolute Gasteiger partial charge is 0.251 e. The lowest BCUT2D eigenvalue weighted by Crippen LogP contribution is -2.31. The van der Waals surface area contributed by atoms with E-state index in [1.165, 1.54) is 0 Å². The Labute approximate surface area is 151 Å². The fourth-order valence-electron chi connectivity index (χ4n) is 3.11. The molecule has 1 fully saturated rings. The van der Waals surface area contributed by atoms with Crippen molar-refractivity contribution in [1.82, 2.24) is 20.1 Å². The molecular formula is C20H20N4O2. The van der Waals surface area contributed by atoms with Crippen LogP contribution in [0.2, 0.25) is 0 Å². The third-order valence-electron chi connectivity index (χ3n) is 4.56. The zero-order valence-electron chi connectivity index (χ0n) is 14.3. The summed E-state index contributed by atoms with van der Waals surface area (Å²) in [5.74, 6) is -0.0645. The Hall–Kier alpha value is -2.99. The van der Waals surface area contributed by atoms with Crippen molar-refractivity contribution in [3.05, 3.63) is 66.7 Å². The first kappa shape index (κ1) is 16.5. The second-order valence-electron chi connectivity index (χ2n) is 6.34. The Morgan fingerprint density at radius 2 is 1.92 bits per heavy atom. The van der Waals surface area contributed by atoms with Gasteiger partial charge < -0.3 is 10.1 Å². The fourth-order valence-corrected chi connectivity index (χ4v) is 3.11. The Balaban J connectivity index is 1.45. The van der Waals surface area contributed by atoms with Gasteiger partial charge in [-0.1, -0.05) is 24.3 Å². The summed E-state index contributed by atoms with van der Waals surface area (Å²) in [6.45, 7) is 1.37. The van der Waals surface area contributed by atoms with Gasteiger partial charge in [0.2, 0.25) is 0 Å². The van der Waals surface area contributed by atoms with Gasteiger partial charge >= 0.3 is 0 Å². The number of carbonyl (C=O) groups is 1. The van der Waals surface area contributed by atoms with Crippen LogP contribution in [-0.2, 0) is 4.74 Å². The number of ether oxygens (including phenoxy) is 1. The first-order valence-electron chi connectivity index (χ1n) is 8.75. The van der Waals surface area contributed by atoms with Crippen LogP contribution in [0.25, 0.3) is 16.8 Å². The molecule has 0 saturated carbocycles. The van der Waals surface area contributed by atoms with Crippen LogP contribution in [0.15, 0.2) is 61.2 Å². The van der Waals surface area contributed by atoms with Crippen molar-refractivity contribution in [2.75, 3.05) is 13.2 Å². The standard InChI is InChI=1S/C20H20N4O2/c25-20(21-12-19-5-2-10-26-19)16-8-6-15(7-9-16)17-3-1-4-18(11-17)24-13-22-23-14-24/h1,3-4,6-9,11,13-14,19H,2,5,10,12H2,(H,21,25)/t19-/m1/s1. The molecule has 3 aromatic rings. The molecule has 0 unspecified atom stereocenters. The number of hydrogen-bond donors (Lipinski definition) is 1. The Bertz CT molecular complexity index is 869. The van der Waals surface area contributed by atoms with Gasteiger partial charge in [0.15, 0.2) is 0 Å². The molecule has 1 aromatic heterocycles. The van der Waals surface area contributed by atoms with Gasteiger partial charge in [-0.15, -0.1) is 10.2 Å². The van der Waals surface area contributed by atoms with Crippen molar-refractivity contribution >= 4 is 5.91 Å². The minimum Gasteiger partial charge on any atom is -0.376 e. The van der Waals surface area contributed by atoms with Crippen molar-refractivity contribution in [3.63, 3.8) is 0 Å². The van der Waals surface area contributed by atoms with Crippen LogP contribution in [0.4, 0.5) is 0 Å². The number of rotatable bonds is 5. The monoisotopic (exact) mass is 348 g/mol. The molecule has 1 N–H and O–H groups in total. The molecule has 1 aliphatic heterocycles. The molecule has 26 heavy (non-hydrogen) atoms. The predicted molar refractivity (Wildman–Crippen MR) is 98.1 cm³/mol. The van der Waals surface area contributed by atoms with E-state index in [4.69, 9.17) is 4.74 Å². The highest BCUT2D eigenvalue weighted by Crippen LogP contribution is 2.22. The second-order valence-corrected chi connectivity index (χ2v) is 6.34. The highest BCUT2D eigenvalue weighted by molar-refractivity contribution is 5.94. The normalized spacial score (nSPS) is 16.5. The van der Waals surface area contributed by atoms with Crippen LogP contribution in [0, 0.1) is 0 Å². The van der Waals surface area contributed by atoms with Crippen LogP contribution in [-0.4, -0.2) is 39.9 Å². The van der Waals surface area contributed by atoms with E-state index in [1.807, 2.05) is 47.0 Å². The van der Waals surface area contributed by atoms with Crippen molar-refractivity contribution in [3.8, 4) is 16.8 Å². The van der Waals surface area contributed by atoms with Crippen LogP contribution in [0.1, 0.15) is 23.2 Å².